The number of methoxy groups -OCH3 is 1. The van der Waals surface area contributed by atoms with Crippen molar-refractivity contribution in [1.82, 2.24) is 4.90 Å². The number of ether oxygens (including phenoxy) is 2. The van der Waals surface area contributed by atoms with E-state index in [4.69, 9.17) is 9.47 Å². The molecule has 0 saturated carbocycles. The van der Waals surface area contributed by atoms with Crippen LogP contribution in [0.3, 0.4) is 0 Å². The van der Waals surface area contributed by atoms with Crippen LogP contribution >= 0.6 is 11.8 Å². The highest BCUT2D eigenvalue weighted by molar-refractivity contribution is 8.15. The van der Waals surface area contributed by atoms with Crippen LogP contribution in [0.25, 0.3) is 0 Å². The number of anilines is 1. The van der Waals surface area contributed by atoms with E-state index < -0.39 is 11.2 Å². The number of thioether (sulfide) groups is 1. The molecule has 4 rings (SSSR count). The lowest BCUT2D eigenvalue weighted by molar-refractivity contribution is -0.129. The Morgan fingerprint density at radius 2 is 1.79 bits per heavy atom. The van der Waals surface area contributed by atoms with Crippen molar-refractivity contribution in [3.8, 4) is 5.75 Å². The summed E-state index contributed by atoms with van der Waals surface area (Å²) in [6, 6.07) is 19.7. The molecular formula is C29H28FN3O5S. The Balaban J connectivity index is 1.56. The van der Waals surface area contributed by atoms with E-state index in [-0.39, 0.29) is 43.6 Å². The number of halogens is 1. The zero-order valence-corrected chi connectivity index (χ0v) is 22.4. The van der Waals surface area contributed by atoms with Gasteiger partial charge in [-0.15, -0.1) is 0 Å². The molecule has 1 fully saturated rings. The maximum atomic E-state index is 14.2. The molecule has 10 heteroatoms. The Bertz CT molecular complexity index is 1360. The number of nitrogens with zero attached hydrogens (tertiary/aromatic N) is 2. The molecule has 0 bridgehead atoms. The lowest BCUT2D eigenvalue weighted by atomic mass is 10.1. The van der Waals surface area contributed by atoms with Gasteiger partial charge in [0, 0.05) is 18.7 Å². The molecule has 1 N–H and O–H groups in total. The topological polar surface area (TPSA) is 97.3 Å². The monoisotopic (exact) mass is 549 g/mol. The highest BCUT2D eigenvalue weighted by Crippen LogP contribution is 2.30. The van der Waals surface area contributed by atoms with Gasteiger partial charge in [0.15, 0.2) is 5.17 Å². The van der Waals surface area contributed by atoms with E-state index in [1.165, 1.54) is 11.0 Å². The quantitative estimate of drug-likeness (QED) is 0.368. The molecule has 1 aliphatic rings. The number of esters is 1. The highest BCUT2D eigenvalue weighted by atomic mass is 32.2. The number of rotatable bonds is 9. The maximum absolute atomic E-state index is 14.2. The van der Waals surface area contributed by atoms with Crippen molar-refractivity contribution in [3.05, 3.63) is 89.7 Å². The molecule has 0 aromatic heterocycles. The van der Waals surface area contributed by atoms with Gasteiger partial charge in [-0.2, -0.15) is 0 Å². The summed E-state index contributed by atoms with van der Waals surface area (Å²) in [5.74, 6) is -0.760. The number of amidine groups is 1. The third-order valence-electron chi connectivity index (χ3n) is 5.96. The van der Waals surface area contributed by atoms with Crippen LogP contribution in [0.5, 0.6) is 5.75 Å². The lowest BCUT2D eigenvalue weighted by Gasteiger charge is -2.32. The van der Waals surface area contributed by atoms with Crippen LogP contribution < -0.4 is 10.1 Å². The van der Waals surface area contributed by atoms with Crippen LogP contribution in [0.2, 0.25) is 0 Å². The number of hydrogen-bond acceptors (Lipinski definition) is 7. The molecule has 0 unspecified atom stereocenters. The summed E-state index contributed by atoms with van der Waals surface area (Å²) in [5.41, 5.74) is 1.92. The number of amides is 2. The second-order valence-corrected chi connectivity index (χ2v) is 9.75. The molecule has 1 aliphatic heterocycles. The number of carbonyl (C=O) groups is 3. The fourth-order valence-corrected chi connectivity index (χ4v) is 5.01. The summed E-state index contributed by atoms with van der Waals surface area (Å²) in [6.45, 7) is 2.19. The average Bonchev–Trinajstić information content (AvgIpc) is 2.94. The molecule has 39 heavy (non-hydrogen) atoms. The molecule has 3 aromatic carbocycles. The van der Waals surface area contributed by atoms with E-state index in [2.05, 4.69) is 10.3 Å². The zero-order valence-electron chi connectivity index (χ0n) is 21.6. The van der Waals surface area contributed by atoms with Gasteiger partial charge in [-0.3, -0.25) is 14.5 Å². The molecule has 1 saturated heterocycles. The standard InChI is InChI=1S/C29H28FN3O5S/c1-3-38-28(36)20-8-10-22(11-9-20)32-29-33(17-16-19-6-4-5-7-24(19)30)26(34)18-25(39-29)27(35)31-21-12-14-23(37-2)15-13-21/h4-15,25H,3,16-18H2,1-2H3,(H,31,35)/t25-/m0/s1. The van der Waals surface area contributed by atoms with Crippen molar-refractivity contribution in [2.75, 3.05) is 25.6 Å². The molecule has 1 atom stereocenters. The van der Waals surface area contributed by atoms with Gasteiger partial charge in [-0.1, -0.05) is 30.0 Å². The summed E-state index contributed by atoms with van der Waals surface area (Å²) in [5, 5.41) is 2.44. The molecule has 0 radical (unpaired) electrons. The van der Waals surface area contributed by atoms with Crippen LogP contribution in [0.1, 0.15) is 29.3 Å². The second kappa shape index (κ2) is 13.1. The maximum Gasteiger partial charge on any atom is 0.338 e. The number of aliphatic imine (C=N–C) groups is 1. The minimum absolute atomic E-state index is 0.0370. The van der Waals surface area contributed by atoms with Crippen molar-refractivity contribution in [1.29, 1.82) is 0 Å². The van der Waals surface area contributed by atoms with E-state index in [1.807, 2.05) is 0 Å². The first-order chi connectivity index (χ1) is 18.9. The Kier molecular flexibility index (Phi) is 9.32. The normalized spacial score (nSPS) is 16.2. The smallest absolute Gasteiger partial charge is 0.338 e. The zero-order chi connectivity index (χ0) is 27.8. The Morgan fingerprint density at radius 1 is 1.08 bits per heavy atom. The SMILES string of the molecule is CCOC(=O)c1ccc(N=C2S[C@H](C(=O)Nc3ccc(OC)cc3)CC(=O)N2CCc2ccccc2F)cc1. The molecule has 1 heterocycles. The van der Waals surface area contributed by atoms with Crippen LogP contribution in [-0.2, 0) is 20.7 Å². The Labute approximate surface area is 230 Å². The molecule has 0 aliphatic carbocycles. The van der Waals surface area contributed by atoms with E-state index in [0.717, 1.165) is 11.8 Å². The molecular weight excluding hydrogens is 521 g/mol. The third-order valence-corrected chi connectivity index (χ3v) is 7.14. The largest absolute Gasteiger partial charge is 0.497 e. The van der Waals surface area contributed by atoms with Gasteiger partial charge in [-0.25, -0.2) is 14.2 Å². The van der Waals surface area contributed by atoms with Crippen molar-refractivity contribution >= 4 is 46.1 Å². The van der Waals surface area contributed by atoms with Gasteiger partial charge in [0.05, 0.1) is 25.0 Å². The highest BCUT2D eigenvalue weighted by Gasteiger charge is 2.36. The summed E-state index contributed by atoms with van der Waals surface area (Å²) in [4.78, 5) is 44.4. The summed E-state index contributed by atoms with van der Waals surface area (Å²) in [7, 11) is 1.56. The predicted octanol–water partition coefficient (Wildman–Crippen LogP) is 5.21. The van der Waals surface area contributed by atoms with Gasteiger partial charge in [-0.05, 0) is 73.5 Å². The molecule has 202 valence electrons. The fourth-order valence-electron chi connectivity index (χ4n) is 3.89. The van der Waals surface area contributed by atoms with Crippen molar-refractivity contribution < 1.29 is 28.2 Å². The summed E-state index contributed by atoms with van der Waals surface area (Å²) in [6.07, 6.45) is 0.243. The van der Waals surface area contributed by atoms with Gasteiger partial charge in [0.25, 0.3) is 0 Å². The average molecular weight is 550 g/mol. The Hall–Kier alpha value is -4.18. The second-order valence-electron chi connectivity index (χ2n) is 8.58. The van der Waals surface area contributed by atoms with E-state index in [1.54, 1.807) is 80.8 Å². The van der Waals surface area contributed by atoms with Crippen molar-refractivity contribution in [2.24, 2.45) is 4.99 Å². The minimum Gasteiger partial charge on any atom is -0.497 e. The van der Waals surface area contributed by atoms with Crippen LogP contribution in [0.15, 0.2) is 77.8 Å². The molecule has 0 spiro atoms. The summed E-state index contributed by atoms with van der Waals surface area (Å²) >= 11 is 1.16. The first-order valence-corrected chi connectivity index (χ1v) is 13.3. The Morgan fingerprint density at radius 3 is 2.46 bits per heavy atom. The molecule has 2 amide bonds. The van der Waals surface area contributed by atoms with E-state index >= 15 is 0 Å². The number of carbonyl (C=O) groups excluding carboxylic acids is 3. The van der Waals surface area contributed by atoms with Crippen molar-refractivity contribution in [2.45, 2.75) is 25.0 Å². The molecule has 8 nitrogen and oxygen atoms in total. The number of nitrogens with one attached hydrogen (secondary N) is 1. The van der Waals surface area contributed by atoms with Gasteiger partial charge < -0.3 is 14.8 Å². The minimum atomic E-state index is -0.720. The van der Waals surface area contributed by atoms with Crippen LogP contribution in [0, 0.1) is 5.82 Å². The van der Waals surface area contributed by atoms with Gasteiger partial charge in [0.1, 0.15) is 16.8 Å². The van der Waals surface area contributed by atoms with E-state index in [9.17, 15) is 18.8 Å². The number of benzene rings is 3. The van der Waals surface area contributed by atoms with Crippen LogP contribution in [0.4, 0.5) is 15.8 Å². The van der Waals surface area contributed by atoms with Crippen molar-refractivity contribution in [3.63, 3.8) is 0 Å². The third kappa shape index (κ3) is 7.23. The molecule has 3 aromatic rings. The van der Waals surface area contributed by atoms with Crippen LogP contribution in [-0.4, -0.2) is 53.4 Å². The first kappa shape index (κ1) is 27.8. The predicted molar refractivity (Wildman–Crippen MR) is 149 cm³/mol. The first-order valence-electron chi connectivity index (χ1n) is 12.4. The lowest BCUT2D eigenvalue weighted by Crippen LogP contribution is -2.46. The van der Waals surface area contributed by atoms with Gasteiger partial charge in [0.2, 0.25) is 11.8 Å². The fraction of sp³-hybridized carbons (Fsp3) is 0.241. The number of hydrogen-bond donors (Lipinski definition) is 1. The summed E-state index contributed by atoms with van der Waals surface area (Å²) < 4.78 is 24.4. The van der Waals surface area contributed by atoms with E-state index in [0.29, 0.717) is 33.4 Å². The van der Waals surface area contributed by atoms with Gasteiger partial charge >= 0.3 is 5.97 Å².